The van der Waals surface area contributed by atoms with E-state index in [0.29, 0.717) is 28.3 Å². The zero-order chi connectivity index (χ0) is 27.7. The standard InChI is InChI=1S/C28H22F3N3O5/c1-26-20(35)13-27(39-26,11-12-38-21-10-7-15(14-33-21)28(29,30)31)23-22(26)24(36)34(25(23)37)19-9-8-18(32-2)16-5-3-4-6-17(16)19/h3-10,14,20,22-23,35H,11-13H2,1H3/t20-,22-,23+,26?,27?/m1/s1. The van der Waals surface area contributed by atoms with E-state index in [4.69, 9.17) is 16.0 Å². The van der Waals surface area contributed by atoms with Crippen molar-refractivity contribution in [1.82, 2.24) is 4.98 Å². The van der Waals surface area contributed by atoms with Gasteiger partial charge in [-0.1, -0.05) is 30.3 Å². The summed E-state index contributed by atoms with van der Waals surface area (Å²) in [6.45, 7) is 9.02. The molecule has 3 fully saturated rings. The number of aromatic nitrogens is 1. The highest BCUT2D eigenvalue weighted by Crippen LogP contribution is 2.62. The lowest BCUT2D eigenvalue weighted by atomic mass is 9.66. The molecule has 0 aliphatic carbocycles. The molecule has 0 radical (unpaired) electrons. The Morgan fingerprint density at radius 3 is 2.51 bits per heavy atom. The van der Waals surface area contributed by atoms with Crippen LogP contribution in [0.5, 0.6) is 5.88 Å². The van der Waals surface area contributed by atoms with Crippen molar-refractivity contribution in [3.05, 3.63) is 71.7 Å². The van der Waals surface area contributed by atoms with Gasteiger partial charge in [0.15, 0.2) is 5.69 Å². The number of aliphatic hydroxyl groups is 1. The number of ether oxygens (including phenoxy) is 2. The van der Waals surface area contributed by atoms with Gasteiger partial charge in [0.05, 0.1) is 48.0 Å². The molecule has 8 nitrogen and oxygen atoms in total. The maximum atomic E-state index is 13.9. The van der Waals surface area contributed by atoms with E-state index in [2.05, 4.69) is 9.83 Å². The molecule has 200 valence electrons. The van der Waals surface area contributed by atoms with Gasteiger partial charge in [-0.2, -0.15) is 13.2 Å². The van der Waals surface area contributed by atoms with Gasteiger partial charge in [-0.15, -0.1) is 0 Å². The fourth-order valence-electron chi connectivity index (χ4n) is 6.38. The van der Waals surface area contributed by atoms with Crippen LogP contribution in [-0.4, -0.2) is 45.8 Å². The number of amides is 2. The third kappa shape index (κ3) is 3.62. The summed E-state index contributed by atoms with van der Waals surface area (Å²) in [6, 6.07) is 12.2. The number of halogens is 3. The Hall–Kier alpha value is -4.01. The van der Waals surface area contributed by atoms with E-state index in [9.17, 15) is 27.9 Å². The molecule has 4 heterocycles. The summed E-state index contributed by atoms with van der Waals surface area (Å²) in [7, 11) is 0. The van der Waals surface area contributed by atoms with Gasteiger partial charge < -0.3 is 14.6 Å². The van der Waals surface area contributed by atoms with Crippen LogP contribution in [0.25, 0.3) is 15.6 Å². The van der Waals surface area contributed by atoms with Crippen molar-refractivity contribution >= 4 is 34.0 Å². The number of carbonyl (C=O) groups excluding carboxylic acids is 2. The Balaban J connectivity index is 1.30. The van der Waals surface area contributed by atoms with Gasteiger partial charge in [0.25, 0.3) is 0 Å². The van der Waals surface area contributed by atoms with E-state index < -0.39 is 52.7 Å². The first-order valence-corrected chi connectivity index (χ1v) is 12.3. The highest BCUT2D eigenvalue weighted by molar-refractivity contribution is 6.26. The van der Waals surface area contributed by atoms with E-state index in [1.807, 2.05) is 0 Å². The Bertz CT molecular complexity index is 1550. The van der Waals surface area contributed by atoms with Crippen LogP contribution in [0.15, 0.2) is 54.7 Å². The molecule has 5 atom stereocenters. The summed E-state index contributed by atoms with van der Waals surface area (Å²) < 4.78 is 50.3. The van der Waals surface area contributed by atoms with E-state index >= 15 is 0 Å². The van der Waals surface area contributed by atoms with Crippen molar-refractivity contribution in [3.63, 3.8) is 0 Å². The second kappa shape index (κ2) is 8.49. The van der Waals surface area contributed by atoms with Crippen LogP contribution >= 0.6 is 0 Å². The predicted molar refractivity (Wildman–Crippen MR) is 132 cm³/mol. The lowest BCUT2D eigenvalue weighted by Gasteiger charge is -2.33. The summed E-state index contributed by atoms with van der Waals surface area (Å²) in [4.78, 5) is 36.1. The minimum absolute atomic E-state index is 0.0305. The third-order valence-corrected chi connectivity index (χ3v) is 8.19. The summed E-state index contributed by atoms with van der Waals surface area (Å²) in [5, 5.41) is 12.1. The van der Waals surface area contributed by atoms with Crippen molar-refractivity contribution in [2.75, 3.05) is 11.5 Å². The average molecular weight is 537 g/mol. The van der Waals surface area contributed by atoms with E-state index in [1.54, 1.807) is 43.3 Å². The van der Waals surface area contributed by atoms with E-state index in [1.165, 1.54) is 0 Å². The molecule has 2 unspecified atom stereocenters. The van der Waals surface area contributed by atoms with Crippen LogP contribution in [0.1, 0.15) is 25.3 Å². The predicted octanol–water partition coefficient (Wildman–Crippen LogP) is 4.67. The Labute approximate surface area is 220 Å². The number of hydrogen-bond donors (Lipinski definition) is 1. The van der Waals surface area contributed by atoms with Gasteiger partial charge in [-0.25, -0.2) is 14.7 Å². The molecule has 1 aromatic heterocycles. The lowest BCUT2D eigenvalue weighted by molar-refractivity contribution is -0.138. The van der Waals surface area contributed by atoms with Gasteiger partial charge in [0, 0.05) is 25.1 Å². The molecule has 1 N–H and O–H groups in total. The first kappa shape index (κ1) is 25.3. The van der Waals surface area contributed by atoms with Gasteiger partial charge in [-0.3, -0.25) is 9.59 Å². The van der Waals surface area contributed by atoms with E-state index in [-0.39, 0.29) is 25.3 Å². The normalized spacial score (nSPS) is 29.6. The summed E-state index contributed by atoms with van der Waals surface area (Å²) in [6.07, 6.45) is -4.66. The first-order chi connectivity index (χ1) is 18.5. The molecule has 11 heteroatoms. The SMILES string of the molecule is [C-]#[N+]c1ccc(N2C(=O)[C@@H]3[C@H](C2=O)C2(C)OC3(CCOc3ccc(C(F)(F)F)cn3)C[C@H]2O)c2ccccc12. The van der Waals surface area contributed by atoms with Crippen LogP contribution in [-0.2, 0) is 20.5 Å². The molecular weight excluding hydrogens is 515 g/mol. The number of imide groups is 1. The molecule has 3 saturated heterocycles. The maximum Gasteiger partial charge on any atom is 0.417 e. The van der Waals surface area contributed by atoms with Gasteiger partial charge >= 0.3 is 6.18 Å². The van der Waals surface area contributed by atoms with Crippen LogP contribution < -0.4 is 9.64 Å². The molecule has 0 saturated carbocycles. The number of fused-ring (bicyclic) bond motifs is 6. The summed E-state index contributed by atoms with van der Waals surface area (Å²) in [5.41, 5.74) is -2.66. The highest BCUT2D eigenvalue weighted by atomic mass is 19.4. The van der Waals surface area contributed by atoms with Crippen molar-refractivity contribution in [3.8, 4) is 5.88 Å². The van der Waals surface area contributed by atoms with Crippen molar-refractivity contribution in [2.24, 2.45) is 11.8 Å². The largest absolute Gasteiger partial charge is 0.478 e. The van der Waals surface area contributed by atoms with E-state index in [0.717, 1.165) is 17.0 Å². The number of benzene rings is 2. The zero-order valence-corrected chi connectivity index (χ0v) is 20.6. The minimum atomic E-state index is -4.52. The second-order valence-electron chi connectivity index (χ2n) is 10.3. The quantitative estimate of drug-likeness (QED) is 0.376. The number of rotatable bonds is 5. The lowest BCUT2D eigenvalue weighted by Crippen LogP contribution is -2.49. The molecule has 2 amide bonds. The van der Waals surface area contributed by atoms with Gasteiger partial charge in [-0.05, 0) is 29.8 Å². The van der Waals surface area contributed by atoms with Crippen LogP contribution in [0, 0.1) is 18.4 Å². The van der Waals surface area contributed by atoms with Crippen molar-refractivity contribution < 1.29 is 37.3 Å². The topological polar surface area (TPSA) is 93.3 Å². The monoisotopic (exact) mass is 537 g/mol. The third-order valence-electron chi connectivity index (χ3n) is 8.19. The molecular formula is C28H22F3N3O5. The molecule has 3 aliphatic rings. The number of nitrogens with zero attached hydrogens (tertiary/aromatic N) is 3. The molecule has 3 aliphatic heterocycles. The minimum Gasteiger partial charge on any atom is -0.478 e. The number of pyridine rings is 1. The smallest absolute Gasteiger partial charge is 0.417 e. The van der Waals surface area contributed by atoms with Crippen molar-refractivity contribution in [1.29, 1.82) is 0 Å². The van der Waals surface area contributed by atoms with Gasteiger partial charge in [0.2, 0.25) is 17.7 Å². The number of carbonyl (C=O) groups is 2. The fraction of sp³-hybridized carbons (Fsp3) is 0.357. The van der Waals surface area contributed by atoms with Crippen molar-refractivity contribution in [2.45, 2.75) is 43.2 Å². The molecule has 2 bridgehead atoms. The fourth-order valence-corrected chi connectivity index (χ4v) is 6.38. The molecule has 0 spiro atoms. The Morgan fingerprint density at radius 1 is 1.13 bits per heavy atom. The summed E-state index contributed by atoms with van der Waals surface area (Å²) >= 11 is 0. The molecule has 39 heavy (non-hydrogen) atoms. The molecule has 3 aromatic rings. The van der Waals surface area contributed by atoms with Gasteiger partial charge in [0.1, 0.15) is 5.60 Å². The molecule has 2 aromatic carbocycles. The van der Waals surface area contributed by atoms with Crippen LogP contribution in [0.2, 0.25) is 0 Å². The molecule has 6 rings (SSSR count). The van der Waals surface area contributed by atoms with Crippen LogP contribution in [0.3, 0.4) is 0 Å². The Morgan fingerprint density at radius 2 is 1.85 bits per heavy atom. The summed E-state index contributed by atoms with van der Waals surface area (Å²) in [5.74, 6) is -2.80. The van der Waals surface area contributed by atoms with Crippen LogP contribution in [0.4, 0.5) is 24.5 Å². The number of aliphatic hydroxyl groups excluding tert-OH is 1. The number of anilines is 1. The zero-order valence-electron chi connectivity index (χ0n) is 20.6. The number of alkyl halides is 3. The number of hydrogen-bond acceptors (Lipinski definition) is 6. The first-order valence-electron chi connectivity index (χ1n) is 12.3. The second-order valence-corrected chi connectivity index (χ2v) is 10.3. The maximum absolute atomic E-state index is 13.9. The highest BCUT2D eigenvalue weighted by Gasteiger charge is 2.77. The Kier molecular flexibility index (Phi) is 5.51. The average Bonchev–Trinajstić information content (AvgIpc) is 3.44.